The second-order valence-corrected chi connectivity index (χ2v) is 9.17. The fourth-order valence-corrected chi connectivity index (χ4v) is 4.88. The van der Waals surface area contributed by atoms with E-state index in [9.17, 15) is 9.59 Å². The highest BCUT2D eigenvalue weighted by atomic mass is 16.5. The molecule has 1 spiro atoms. The number of nitrogens with zero attached hydrogens (tertiary/aromatic N) is 7. The highest BCUT2D eigenvalue weighted by Crippen LogP contribution is 2.48. The van der Waals surface area contributed by atoms with E-state index in [1.807, 2.05) is 0 Å². The van der Waals surface area contributed by atoms with Gasteiger partial charge < -0.3 is 15.0 Å². The monoisotopic (exact) mass is 438 g/mol. The molecule has 2 aromatic heterocycles. The van der Waals surface area contributed by atoms with Gasteiger partial charge in [-0.25, -0.2) is 9.78 Å². The Morgan fingerprint density at radius 1 is 1.12 bits per heavy atom. The molecule has 5 rings (SSSR count). The molecule has 1 aliphatic carbocycles. The van der Waals surface area contributed by atoms with Crippen LogP contribution in [0.3, 0.4) is 0 Å². The second-order valence-electron chi connectivity index (χ2n) is 9.17. The third-order valence-corrected chi connectivity index (χ3v) is 7.20. The molecule has 1 amide bonds. The third-order valence-electron chi connectivity index (χ3n) is 7.20. The molecule has 0 unspecified atom stereocenters. The number of hydrogen-bond acceptors (Lipinski definition) is 9. The molecule has 3 aliphatic rings. The lowest BCUT2D eigenvalue weighted by Crippen LogP contribution is -2.49. The van der Waals surface area contributed by atoms with Crippen molar-refractivity contribution in [3.05, 3.63) is 35.7 Å². The lowest BCUT2D eigenvalue weighted by Gasteiger charge is -2.42. The number of carbonyl (C=O) groups excluding carboxylic acids is 2. The summed E-state index contributed by atoms with van der Waals surface area (Å²) in [6, 6.07) is 0. The molecule has 1 saturated carbocycles. The van der Waals surface area contributed by atoms with Crippen molar-refractivity contribution in [1.29, 1.82) is 0 Å². The Labute approximate surface area is 185 Å². The van der Waals surface area contributed by atoms with Gasteiger partial charge in [-0.2, -0.15) is 4.68 Å². The summed E-state index contributed by atoms with van der Waals surface area (Å²) in [5.41, 5.74) is 1.74. The zero-order valence-corrected chi connectivity index (χ0v) is 18.2. The smallest absolute Gasteiger partial charge is 0.336 e. The molecule has 11 nitrogen and oxygen atoms in total. The number of hydrogen-bond donors (Lipinski definition) is 1. The zero-order chi connectivity index (χ0) is 22.3. The zero-order valence-electron chi connectivity index (χ0n) is 18.2. The predicted octanol–water partition coefficient (Wildman–Crippen LogP) is 0.924. The first kappa shape index (κ1) is 20.7. The van der Waals surface area contributed by atoms with Crippen molar-refractivity contribution in [1.82, 2.24) is 40.4 Å². The Hall–Kier alpha value is -3.21. The average Bonchev–Trinajstić information content (AvgIpc) is 3.52. The highest BCUT2D eigenvalue weighted by Gasteiger charge is 2.52. The van der Waals surface area contributed by atoms with Gasteiger partial charge in [0.05, 0.1) is 34.8 Å². The Balaban J connectivity index is 1.19. The fourth-order valence-electron chi connectivity index (χ4n) is 4.88. The van der Waals surface area contributed by atoms with E-state index < -0.39 is 0 Å². The molecule has 2 aromatic rings. The first-order chi connectivity index (χ1) is 15.4. The molecule has 1 saturated heterocycles. The van der Waals surface area contributed by atoms with Gasteiger partial charge in [-0.3, -0.25) is 9.78 Å². The number of cyclic esters (lactones) is 1. The number of amides is 1. The van der Waals surface area contributed by atoms with Gasteiger partial charge in [0.1, 0.15) is 12.9 Å². The van der Waals surface area contributed by atoms with Gasteiger partial charge in [-0.05, 0) is 56.4 Å². The molecule has 11 heteroatoms. The van der Waals surface area contributed by atoms with E-state index in [0.29, 0.717) is 24.5 Å². The summed E-state index contributed by atoms with van der Waals surface area (Å²) in [6.45, 7) is 5.41. The number of likely N-dealkylation sites (tertiary alicyclic amines) is 1. The Morgan fingerprint density at radius 2 is 1.94 bits per heavy atom. The molecule has 1 N–H and O–H groups in total. The van der Waals surface area contributed by atoms with Crippen LogP contribution in [-0.4, -0.2) is 65.6 Å². The summed E-state index contributed by atoms with van der Waals surface area (Å²) in [6.07, 6.45) is 9.13. The van der Waals surface area contributed by atoms with Crippen molar-refractivity contribution in [3.8, 4) is 5.82 Å². The second kappa shape index (κ2) is 7.73. The van der Waals surface area contributed by atoms with E-state index in [-0.39, 0.29) is 29.4 Å². The number of aromatic nitrogens is 6. The number of ether oxygens (including phenoxy) is 1. The van der Waals surface area contributed by atoms with Crippen LogP contribution in [0, 0.1) is 5.41 Å². The molecule has 0 radical (unpaired) electrons. The minimum atomic E-state index is -0.326. The van der Waals surface area contributed by atoms with Crippen molar-refractivity contribution in [2.75, 3.05) is 13.2 Å². The number of esters is 1. The maximum atomic E-state index is 13.3. The maximum Gasteiger partial charge on any atom is 0.336 e. The maximum absolute atomic E-state index is 13.3. The molecular weight excluding hydrogens is 412 g/mol. The number of rotatable bonds is 5. The predicted molar refractivity (Wildman–Crippen MR) is 111 cm³/mol. The topological polar surface area (TPSA) is 128 Å². The molecule has 0 bridgehead atoms. The van der Waals surface area contributed by atoms with Gasteiger partial charge in [-0.15, -0.1) is 5.10 Å². The van der Waals surface area contributed by atoms with Crippen LogP contribution in [0.5, 0.6) is 0 Å². The van der Waals surface area contributed by atoms with Crippen LogP contribution in [0.2, 0.25) is 0 Å². The number of nitrogens with one attached hydrogen (secondary N) is 1. The Kier molecular flexibility index (Phi) is 5.00. The molecule has 2 fully saturated rings. The van der Waals surface area contributed by atoms with Gasteiger partial charge in [-0.1, -0.05) is 0 Å². The van der Waals surface area contributed by atoms with Gasteiger partial charge in [0.25, 0.3) is 0 Å². The lowest BCUT2D eigenvalue weighted by molar-refractivity contribution is -0.138. The van der Waals surface area contributed by atoms with Crippen molar-refractivity contribution in [2.45, 2.75) is 58.0 Å². The van der Waals surface area contributed by atoms with Crippen molar-refractivity contribution in [3.63, 3.8) is 0 Å². The van der Waals surface area contributed by atoms with E-state index in [4.69, 9.17) is 4.74 Å². The van der Waals surface area contributed by atoms with Crippen LogP contribution in [0.15, 0.2) is 30.0 Å². The minimum Gasteiger partial charge on any atom is -0.456 e. The largest absolute Gasteiger partial charge is 0.456 e. The van der Waals surface area contributed by atoms with Crippen LogP contribution >= 0.6 is 0 Å². The molecule has 168 valence electrons. The van der Waals surface area contributed by atoms with Crippen LogP contribution in [0.25, 0.3) is 5.82 Å². The first-order valence-electron chi connectivity index (χ1n) is 10.9. The first-order valence-corrected chi connectivity index (χ1v) is 10.9. The van der Waals surface area contributed by atoms with Crippen LogP contribution in [-0.2, 0) is 20.9 Å². The van der Waals surface area contributed by atoms with E-state index in [1.54, 1.807) is 24.2 Å². The highest BCUT2D eigenvalue weighted by molar-refractivity contribution is 5.94. The van der Waals surface area contributed by atoms with E-state index in [2.05, 4.69) is 37.7 Å². The summed E-state index contributed by atoms with van der Waals surface area (Å²) >= 11 is 0. The quantitative estimate of drug-likeness (QED) is 0.678. The molecule has 2 aliphatic heterocycles. The van der Waals surface area contributed by atoms with Gasteiger partial charge in [0, 0.05) is 18.6 Å². The molecule has 32 heavy (non-hydrogen) atoms. The summed E-state index contributed by atoms with van der Waals surface area (Å²) < 4.78 is 6.57. The SMILES string of the molecule is CC1=C(N2CC[C@]3(CC[C@](C)(NCc4cnc(-n5cnnn5)cn4)CC3)C2=O)COC1=O. The van der Waals surface area contributed by atoms with Crippen molar-refractivity contribution >= 4 is 11.9 Å². The Morgan fingerprint density at radius 3 is 2.56 bits per heavy atom. The van der Waals surface area contributed by atoms with Gasteiger partial charge in [0.2, 0.25) is 5.91 Å². The number of carbonyl (C=O) groups is 2. The normalized spacial score (nSPS) is 28.1. The molecular formula is C21H26N8O3. The van der Waals surface area contributed by atoms with Crippen LogP contribution in [0.1, 0.15) is 51.6 Å². The summed E-state index contributed by atoms with van der Waals surface area (Å²) in [4.78, 5) is 35.6. The molecule has 4 heterocycles. The molecule has 0 atom stereocenters. The van der Waals surface area contributed by atoms with Crippen LogP contribution in [0.4, 0.5) is 0 Å². The summed E-state index contributed by atoms with van der Waals surface area (Å²) in [7, 11) is 0. The standard InChI is InChI=1S/C21H26N8O3/c1-14-16(12-32-18(14)30)28-8-7-21(19(28)31)5-3-20(2,4-6-21)24-10-15-9-23-17(11-22-15)29-13-25-26-27-29/h9,11,13,24H,3-8,10,12H2,1-2H3/t20-,21+. The fraction of sp³-hybridized carbons (Fsp3) is 0.571. The Bertz CT molecular complexity index is 1060. The third kappa shape index (κ3) is 3.56. The van der Waals surface area contributed by atoms with Crippen molar-refractivity contribution in [2.24, 2.45) is 5.41 Å². The van der Waals surface area contributed by atoms with Crippen molar-refractivity contribution < 1.29 is 14.3 Å². The van der Waals surface area contributed by atoms with Gasteiger partial charge >= 0.3 is 5.97 Å². The number of tetrazole rings is 1. The summed E-state index contributed by atoms with van der Waals surface area (Å²) in [5, 5.41) is 14.6. The summed E-state index contributed by atoms with van der Waals surface area (Å²) in [5.74, 6) is 0.396. The average molecular weight is 438 g/mol. The van der Waals surface area contributed by atoms with E-state index in [1.165, 1.54) is 11.0 Å². The van der Waals surface area contributed by atoms with E-state index >= 15 is 0 Å². The molecule has 0 aromatic carbocycles. The van der Waals surface area contributed by atoms with Gasteiger partial charge in [0.15, 0.2) is 5.82 Å². The lowest BCUT2D eigenvalue weighted by atomic mass is 9.67. The van der Waals surface area contributed by atoms with E-state index in [0.717, 1.165) is 43.5 Å². The van der Waals surface area contributed by atoms with Crippen LogP contribution < -0.4 is 5.32 Å². The minimum absolute atomic E-state index is 0.0727.